The van der Waals surface area contributed by atoms with Crippen LogP contribution in [-0.4, -0.2) is 18.2 Å². The van der Waals surface area contributed by atoms with Crippen LogP contribution in [0.5, 0.6) is 0 Å². The van der Waals surface area contributed by atoms with Gasteiger partial charge in [-0.25, -0.2) is 0 Å². The van der Waals surface area contributed by atoms with Gasteiger partial charge in [-0.3, -0.25) is 4.79 Å². The van der Waals surface area contributed by atoms with Gasteiger partial charge in [-0.2, -0.15) is 0 Å². The molecule has 0 bridgehead atoms. The normalized spacial score (nSPS) is 23.7. The van der Waals surface area contributed by atoms with Crippen molar-refractivity contribution in [2.45, 2.75) is 43.0 Å². The number of anilines is 1. The molecule has 0 radical (unpaired) electrons. The number of carbonyl (C=O) groups is 1. The van der Waals surface area contributed by atoms with Gasteiger partial charge >= 0.3 is 0 Å². The molecule has 1 aromatic carbocycles. The zero-order chi connectivity index (χ0) is 13.7. The fraction of sp³-hybridized carbons (Fsp3) is 0.533. The number of amides is 1. The predicted molar refractivity (Wildman–Crippen MR) is 81.4 cm³/mol. The third kappa shape index (κ3) is 3.98. The number of hydrogen-bond acceptors (Lipinski definition) is 3. The number of hydrogen-bond donors (Lipinski definition) is 2. The van der Waals surface area contributed by atoms with Gasteiger partial charge in [-0.15, -0.1) is 11.8 Å². The van der Waals surface area contributed by atoms with Crippen molar-refractivity contribution >= 4 is 23.4 Å². The fourth-order valence-corrected chi connectivity index (χ4v) is 3.06. The maximum atomic E-state index is 12.3. The summed E-state index contributed by atoms with van der Waals surface area (Å²) in [6.45, 7) is 0. The van der Waals surface area contributed by atoms with Gasteiger partial charge in [0.25, 0.3) is 0 Å². The van der Waals surface area contributed by atoms with Gasteiger partial charge in [0.05, 0.1) is 5.92 Å². The zero-order valence-electron chi connectivity index (χ0n) is 11.4. The van der Waals surface area contributed by atoms with Crippen molar-refractivity contribution in [1.82, 2.24) is 0 Å². The molecule has 0 aliphatic heterocycles. The Labute approximate surface area is 119 Å². The number of nitrogens with one attached hydrogen (secondary N) is 1. The van der Waals surface area contributed by atoms with E-state index in [1.807, 2.05) is 30.5 Å². The Bertz CT molecular complexity index is 436. The average molecular weight is 278 g/mol. The van der Waals surface area contributed by atoms with E-state index in [4.69, 9.17) is 5.73 Å². The fourth-order valence-electron chi connectivity index (χ4n) is 2.60. The van der Waals surface area contributed by atoms with Crippen LogP contribution in [0.25, 0.3) is 0 Å². The van der Waals surface area contributed by atoms with Gasteiger partial charge in [0.1, 0.15) is 0 Å². The van der Waals surface area contributed by atoms with Crippen LogP contribution in [0.3, 0.4) is 0 Å². The van der Waals surface area contributed by atoms with E-state index in [-0.39, 0.29) is 17.9 Å². The van der Waals surface area contributed by atoms with Crippen molar-refractivity contribution in [2.75, 3.05) is 11.6 Å². The molecule has 2 rings (SSSR count). The number of thioether (sulfide) groups is 1. The van der Waals surface area contributed by atoms with Gasteiger partial charge in [0.15, 0.2) is 0 Å². The highest BCUT2D eigenvalue weighted by atomic mass is 32.2. The molecule has 1 aliphatic rings. The summed E-state index contributed by atoms with van der Waals surface area (Å²) >= 11 is 1.67. The van der Waals surface area contributed by atoms with Crippen LogP contribution in [-0.2, 0) is 4.79 Å². The van der Waals surface area contributed by atoms with Crippen molar-refractivity contribution in [1.29, 1.82) is 0 Å². The summed E-state index contributed by atoms with van der Waals surface area (Å²) in [6.07, 6.45) is 7.35. The first-order valence-electron chi connectivity index (χ1n) is 6.91. The lowest BCUT2D eigenvalue weighted by atomic mass is 9.94. The second kappa shape index (κ2) is 6.96. The Morgan fingerprint density at radius 3 is 2.89 bits per heavy atom. The van der Waals surface area contributed by atoms with E-state index in [1.54, 1.807) is 11.8 Å². The molecule has 19 heavy (non-hydrogen) atoms. The number of benzene rings is 1. The molecule has 4 heteroatoms. The minimum Gasteiger partial charge on any atom is -0.327 e. The lowest BCUT2D eigenvalue weighted by Crippen LogP contribution is -2.37. The lowest BCUT2D eigenvalue weighted by molar-refractivity contribution is -0.120. The van der Waals surface area contributed by atoms with Crippen LogP contribution in [0, 0.1) is 5.92 Å². The predicted octanol–water partition coefficient (Wildman–Crippen LogP) is 3.25. The maximum Gasteiger partial charge on any atom is 0.229 e. The highest BCUT2D eigenvalue weighted by molar-refractivity contribution is 7.98. The second-order valence-corrected chi connectivity index (χ2v) is 6.01. The smallest absolute Gasteiger partial charge is 0.229 e. The summed E-state index contributed by atoms with van der Waals surface area (Å²) in [5.41, 5.74) is 6.99. The van der Waals surface area contributed by atoms with Crippen LogP contribution >= 0.6 is 11.8 Å². The molecule has 3 nitrogen and oxygen atoms in total. The monoisotopic (exact) mass is 278 g/mol. The molecule has 0 spiro atoms. The Kier molecular flexibility index (Phi) is 5.28. The average Bonchev–Trinajstić information content (AvgIpc) is 2.63. The van der Waals surface area contributed by atoms with Crippen molar-refractivity contribution in [3.05, 3.63) is 24.3 Å². The molecular formula is C15H22N2OS. The molecule has 3 N–H and O–H groups in total. The molecule has 2 atom stereocenters. The van der Waals surface area contributed by atoms with Gasteiger partial charge in [-0.1, -0.05) is 25.3 Å². The number of rotatable bonds is 3. The van der Waals surface area contributed by atoms with Crippen LogP contribution < -0.4 is 11.1 Å². The van der Waals surface area contributed by atoms with Crippen LogP contribution in [0.4, 0.5) is 5.69 Å². The molecule has 1 aliphatic carbocycles. The zero-order valence-corrected chi connectivity index (χ0v) is 12.2. The molecular weight excluding hydrogens is 256 g/mol. The van der Waals surface area contributed by atoms with Crippen LogP contribution in [0.1, 0.15) is 32.1 Å². The highest BCUT2D eigenvalue weighted by Crippen LogP contribution is 2.24. The Balaban J connectivity index is 2.02. The largest absolute Gasteiger partial charge is 0.327 e. The van der Waals surface area contributed by atoms with Crippen molar-refractivity contribution in [3.63, 3.8) is 0 Å². The van der Waals surface area contributed by atoms with E-state index in [0.29, 0.717) is 0 Å². The maximum absolute atomic E-state index is 12.3. The molecule has 1 aromatic rings. The molecule has 0 aromatic heterocycles. The van der Waals surface area contributed by atoms with Gasteiger partial charge in [0.2, 0.25) is 5.91 Å². The van der Waals surface area contributed by atoms with Gasteiger partial charge in [0, 0.05) is 16.6 Å². The number of nitrogens with two attached hydrogens (primary N) is 1. The first-order chi connectivity index (χ1) is 9.20. The standard InChI is InChI=1S/C15H22N2OS/c1-19-12-7-5-6-11(10-12)17-15(18)13-8-3-2-4-9-14(13)16/h5-7,10,13-14H,2-4,8-9,16H2,1H3,(H,17,18). The summed E-state index contributed by atoms with van der Waals surface area (Å²) in [5.74, 6) is 0.0353. The highest BCUT2D eigenvalue weighted by Gasteiger charge is 2.26. The molecule has 0 heterocycles. The molecule has 1 fully saturated rings. The first-order valence-corrected chi connectivity index (χ1v) is 8.13. The van der Waals surface area contributed by atoms with E-state index in [9.17, 15) is 4.79 Å². The summed E-state index contributed by atoms with van der Waals surface area (Å²) in [6, 6.07) is 7.95. The van der Waals surface area contributed by atoms with Gasteiger partial charge < -0.3 is 11.1 Å². The second-order valence-electron chi connectivity index (χ2n) is 5.13. The van der Waals surface area contributed by atoms with E-state index < -0.39 is 0 Å². The third-order valence-corrected chi connectivity index (χ3v) is 4.47. The topological polar surface area (TPSA) is 55.1 Å². The quantitative estimate of drug-likeness (QED) is 0.659. The molecule has 104 valence electrons. The summed E-state index contributed by atoms with van der Waals surface area (Å²) < 4.78 is 0. The molecule has 0 saturated heterocycles. The van der Waals surface area contributed by atoms with Crippen LogP contribution in [0.15, 0.2) is 29.2 Å². The summed E-state index contributed by atoms with van der Waals surface area (Å²) in [4.78, 5) is 13.5. The Morgan fingerprint density at radius 2 is 2.11 bits per heavy atom. The van der Waals surface area contributed by atoms with Crippen molar-refractivity contribution in [2.24, 2.45) is 11.7 Å². The number of carbonyl (C=O) groups excluding carboxylic acids is 1. The Morgan fingerprint density at radius 1 is 1.32 bits per heavy atom. The van der Waals surface area contributed by atoms with E-state index in [1.165, 1.54) is 6.42 Å². The van der Waals surface area contributed by atoms with Crippen molar-refractivity contribution in [3.8, 4) is 0 Å². The van der Waals surface area contributed by atoms with E-state index in [2.05, 4.69) is 5.32 Å². The minimum absolute atomic E-state index is 0.00577. The van der Waals surface area contributed by atoms with E-state index >= 15 is 0 Å². The first kappa shape index (κ1) is 14.4. The van der Waals surface area contributed by atoms with Crippen LogP contribution in [0.2, 0.25) is 0 Å². The van der Waals surface area contributed by atoms with Gasteiger partial charge in [-0.05, 0) is 37.3 Å². The lowest BCUT2D eigenvalue weighted by Gasteiger charge is -2.20. The molecule has 1 saturated carbocycles. The third-order valence-electron chi connectivity index (χ3n) is 3.74. The molecule has 1 amide bonds. The Hall–Kier alpha value is -1.00. The molecule has 2 unspecified atom stereocenters. The summed E-state index contributed by atoms with van der Waals surface area (Å²) in [7, 11) is 0. The van der Waals surface area contributed by atoms with Crippen molar-refractivity contribution < 1.29 is 4.79 Å². The summed E-state index contributed by atoms with van der Waals surface area (Å²) in [5, 5.41) is 3.01. The van der Waals surface area contributed by atoms with E-state index in [0.717, 1.165) is 36.3 Å². The minimum atomic E-state index is -0.0413. The SMILES string of the molecule is CSc1cccc(NC(=O)C2CCCCCC2N)c1.